The Bertz CT molecular complexity index is 1530. The van der Waals surface area contributed by atoms with Gasteiger partial charge in [-0.15, -0.1) is 11.3 Å². The van der Waals surface area contributed by atoms with Gasteiger partial charge in [0.1, 0.15) is 16.5 Å². The SMILES string of the molecule is COc1cc(OC)c(NC(=O)N2Cc3c(sc4c3CCCC4)-n3cccc3[C@H]2c2cccc(C)c2)cc1Cl. The molecule has 38 heavy (non-hydrogen) atoms. The molecule has 0 unspecified atom stereocenters. The molecule has 3 heterocycles. The number of hydrogen-bond acceptors (Lipinski definition) is 4. The van der Waals surface area contributed by atoms with E-state index in [-0.39, 0.29) is 12.1 Å². The van der Waals surface area contributed by atoms with E-state index in [0.29, 0.717) is 28.8 Å². The van der Waals surface area contributed by atoms with E-state index in [0.717, 1.165) is 29.7 Å². The van der Waals surface area contributed by atoms with Crippen molar-refractivity contribution >= 4 is 34.7 Å². The molecule has 1 aliphatic carbocycles. The fourth-order valence-electron chi connectivity index (χ4n) is 5.72. The number of urea groups is 1. The first-order valence-corrected chi connectivity index (χ1v) is 14.0. The average Bonchev–Trinajstić information content (AvgIpc) is 3.50. The second kappa shape index (κ2) is 10.0. The van der Waals surface area contributed by atoms with Crippen molar-refractivity contribution in [2.75, 3.05) is 19.5 Å². The molecular formula is C30H30ClN3O3S. The van der Waals surface area contributed by atoms with Crippen molar-refractivity contribution in [1.29, 1.82) is 0 Å². The molecule has 1 atom stereocenters. The molecule has 4 aromatic rings. The van der Waals surface area contributed by atoms with Crippen LogP contribution in [0.3, 0.4) is 0 Å². The molecule has 0 fully saturated rings. The molecule has 6 nitrogen and oxygen atoms in total. The first-order chi connectivity index (χ1) is 18.5. The van der Waals surface area contributed by atoms with E-state index in [4.69, 9.17) is 21.1 Å². The molecule has 0 radical (unpaired) electrons. The highest BCUT2D eigenvalue weighted by Crippen LogP contribution is 2.44. The third kappa shape index (κ3) is 4.24. The van der Waals surface area contributed by atoms with Gasteiger partial charge < -0.3 is 24.3 Å². The lowest BCUT2D eigenvalue weighted by Gasteiger charge is -2.32. The van der Waals surface area contributed by atoms with E-state index in [9.17, 15) is 4.79 Å². The second-order valence-electron chi connectivity index (χ2n) is 9.86. The fraction of sp³-hybridized carbons (Fsp3) is 0.300. The van der Waals surface area contributed by atoms with Crippen LogP contribution in [0.15, 0.2) is 54.7 Å². The number of hydrogen-bond donors (Lipinski definition) is 1. The van der Waals surface area contributed by atoms with Crippen molar-refractivity contribution in [1.82, 2.24) is 9.47 Å². The van der Waals surface area contributed by atoms with Gasteiger partial charge in [-0.3, -0.25) is 0 Å². The number of aromatic nitrogens is 1. The Hall–Kier alpha value is -3.42. The molecule has 1 aliphatic heterocycles. The summed E-state index contributed by atoms with van der Waals surface area (Å²) >= 11 is 8.31. The van der Waals surface area contributed by atoms with Gasteiger partial charge in [-0.2, -0.15) is 0 Å². The molecule has 0 saturated carbocycles. The number of nitrogens with zero attached hydrogens (tertiary/aromatic N) is 2. The smallest absolute Gasteiger partial charge is 0.323 e. The number of amides is 2. The van der Waals surface area contributed by atoms with Crippen LogP contribution in [-0.4, -0.2) is 29.7 Å². The molecule has 2 aromatic carbocycles. The Balaban J connectivity index is 1.49. The summed E-state index contributed by atoms with van der Waals surface area (Å²) in [7, 11) is 3.12. The summed E-state index contributed by atoms with van der Waals surface area (Å²) in [6, 6.07) is 15.5. The number of rotatable bonds is 4. The molecule has 2 aliphatic rings. The number of ether oxygens (including phenoxy) is 2. The van der Waals surface area contributed by atoms with Gasteiger partial charge in [-0.05, 0) is 61.9 Å². The molecule has 2 amide bonds. The average molecular weight is 548 g/mol. The zero-order valence-corrected chi connectivity index (χ0v) is 23.3. The lowest BCUT2D eigenvalue weighted by atomic mass is 9.95. The first kappa shape index (κ1) is 24.9. The van der Waals surface area contributed by atoms with Gasteiger partial charge in [0.15, 0.2) is 0 Å². The van der Waals surface area contributed by atoms with Gasteiger partial charge in [-0.1, -0.05) is 41.4 Å². The van der Waals surface area contributed by atoms with Crippen LogP contribution in [0.2, 0.25) is 5.02 Å². The highest BCUT2D eigenvalue weighted by molar-refractivity contribution is 7.15. The summed E-state index contributed by atoms with van der Waals surface area (Å²) in [5.74, 6) is 0.972. The molecule has 0 saturated heterocycles. The fourth-order valence-corrected chi connectivity index (χ4v) is 7.37. The van der Waals surface area contributed by atoms with Gasteiger partial charge in [0, 0.05) is 22.7 Å². The largest absolute Gasteiger partial charge is 0.495 e. The molecule has 0 spiro atoms. The summed E-state index contributed by atoms with van der Waals surface area (Å²) < 4.78 is 13.2. The minimum absolute atomic E-state index is 0.215. The summed E-state index contributed by atoms with van der Waals surface area (Å²) in [6.45, 7) is 2.60. The summed E-state index contributed by atoms with van der Waals surface area (Å²) in [4.78, 5) is 17.6. The van der Waals surface area contributed by atoms with Crippen LogP contribution in [0.4, 0.5) is 10.5 Å². The van der Waals surface area contributed by atoms with E-state index in [1.54, 1.807) is 26.4 Å². The maximum atomic E-state index is 14.2. The highest BCUT2D eigenvalue weighted by atomic mass is 35.5. The minimum Gasteiger partial charge on any atom is -0.495 e. The van der Waals surface area contributed by atoms with Gasteiger partial charge in [-0.25, -0.2) is 4.79 Å². The van der Waals surface area contributed by atoms with Crippen LogP contribution in [-0.2, 0) is 19.4 Å². The Kier molecular flexibility index (Phi) is 6.58. The summed E-state index contributed by atoms with van der Waals surface area (Å²) in [5.41, 5.74) is 6.47. The molecular weight excluding hydrogens is 518 g/mol. The monoisotopic (exact) mass is 547 g/mol. The van der Waals surface area contributed by atoms with Crippen molar-refractivity contribution in [3.63, 3.8) is 0 Å². The maximum absolute atomic E-state index is 14.2. The van der Waals surface area contributed by atoms with Crippen LogP contribution in [0.1, 0.15) is 51.7 Å². The molecule has 0 bridgehead atoms. The Morgan fingerprint density at radius 1 is 1.03 bits per heavy atom. The molecule has 2 aromatic heterocycles. The number of halogens is 1. The predicted octanol–water partition coefficient (Wildman–Crippen LogP) is 7.53. The zero-order chi connectivity index (χ0) is 26.4. The number of nitrogens with one attached hydrogen (secondary N) is 1. The number of anilines is 1. The molecule has 6 rings (SSSR count). The van der Waals surface area contributed by atoms with Gasteiger partial charge in [0.2, 0.25) is 0 Å². The number of thiophene rings is 1. The van der Waals surface area contributed by atoms with Crippen LogP contribution < -0.4 is 14.8 Å². The number of fused-ring (bicyclic) bond motifs is 5. The normalized spacial score (nSPS) is 16.2. The number of aryl methyl sites for hydroxylation is 2. The Morgan fingerprint density at radius 3 is 2.63 bits per heavy atom. The summed E-state index contributed by atoms with van der Waals surface area (Å²) in [6.07, 6.45) is 6.71. The van der Waals surface area contributed by atoms with E-state index in [2.05, 4.69) is 59.4 Å². The van der Waals surface area contributed by atoms with Crippen LogP contribution in [0.5, 0.6) is 11.5 Å². The molecule has 196 valence electrons. The predicted molar refractivity (Wildman–Crippen MR) is 152 cm³/mol. The van der Waals surface area contributed by atoms with Crippen molar-refractivity contribution in [3.05, 3.63) is 92.6 Å². The van der Waals surface area contributed by atoms with Crippen molar-refractivity contribution < 1.29 is 14.3 Å². The van der Waals surface area contributed by atoms with Crippen molar-refractivity contribution in [2.45, 2.75) is 45.2 Å². The molecule has 8 heteroatoms. The van der Waals surface area contributed by atoms with Crippen molar-refractivity contribution in [2.24, 2.45) is 0 Å². The number of methoxy groups -OCH3 is 2. The number of benzene rings is 2. The minimum atomic E-state index is -0.275. The lowest BCUT2D eigenvalue weighted by molar-refractivity contribution is 0.194. The van der Waals surface area contributed by atoms with Crippen molar-refractivity contribution in [3.8, 4) is 16.5 Å². The van der Waals surface area contributed by atoms with E-state index in [1.807, 2.05) is 16.2 Å². The topological polar surface area (TPSA) is 55.7 Å². The van der Waals surface area contributed by atoms with E-state index < -0.39 is 0 Å². The molecule has 1 N–H and O–H groups in total. The Morgan fingerprint density at radius 2 is 1.84 bits per heavy atom. The standard InChI is InChI=1S/C30H30ClN3O3S/c1-18-8-6-9-19(14-18)28-24-11-7-13-33(24)29-21(20-10-4-5-12-27(20)38-29)17-34(28)30(35)32-23-15-22(31)25(36-2)16-26(23)37-3/h6-9,11,13-16,28H,4-5,10,12,17H2,1-3H3,(H,32,35)/t28-/m1/s1. The van der Waals surface area contributed by atoms with Gasteiger partial charge in [0.25, 0.3) is 0 Å². The van der Waals surface area contributed by atoms with Gasteiger partial charge >= 0.3 is 6.03 Å². The van der Waals surface area contributed by atoms with E-state index >= 15 is 0 Å². The summed E-state index contributed by atoms with van der Waals surface area (Å²) in [5, 5.41) is 4.74. The zero-order valence-electron chi connectivity index (χ0n) is 21.7. The van der Waals surface area contributed by atoms with Crippen LogP contribution >= 0.6 is 22.9 Å². The third-order valence-electron chi connectivity index (χ3n) is 7.51. The van der Waals surface area contributed by atoms with E-state index in [1.165, 1.54) is 33.8 Å². The first-order valence-electron chi connectivity index (χ1n) is 12.8. The number of carbonyl (C=O) groups excluding carboxylic acids is 1. The second-order valence-corrected chi connectivity index (χ2v) is 11.4. The maximum Gasteiger partial charge on any atom is 0.323 e. The third-order valence-corrected chi connectivity index (χ3v) is 9.14. The quantitative estimate of drug-likeness (QED) is 0.287. The lowest BCUT2D eigenvalue weighted by Crippen LogP contribution is -2.38. The van der Waals surface area contributed by atoms with Crippen LogP contribution in [0, 0.1) is 6.92 Å². The van der Waals surface area contributed by atoms with Gasteiger partial charge in [0.05, 0.1) is 43.2 Å². The number of carbonyl (C=O) groups is 1. The Labute approximate surface area is 231 Å². The van der Waals surface area contributed by atoms with Crippen LogP contribution in [0.25, 0.3) is 5.00 Å². The highest BCUT2D eigenvalue weighted by Gasteiger charge is 2.36.